The van der Waals surface area contributed by atoms with Crippen LogP contribution in [0, 0.1) is 0 Å². The van der Waals surface area contributed by atoms with Gasteiger partial charge in [0, 0.05) is 60.5 Å². The van der Waals surface area contributed by atoms with Crippen molar-refractivity contribution in [3.63, 3.8) is 0 Å². The standard InChI is InChI=1S/C27H28N6O.H2S/c1-17(20-7-4-8-21-22(27(34)28-2)11-12-29-26(20)21)14-31-25-13-24(32-16-33-25)19-9-10-23(30-15-19)18-5-3-6-18;/h4,7-13,15-18H,3,5-6,14H2,1-2H3,(H,28,34)(H,31,32,33);1H2/t17-;/m1./s1. The number of amides is 1. The number of carbonyl (C=O) groups excluding carboxylic acids is 1. The van der Waals surface area contributed by atoms with Crippen LogP contribution in [0.25, 0.3) is 22.2 Å². The van der Waals surface area contributed by atoms with Gasteiger partial charge in [0.1, 0.15) is 12.1 Å². The first-order valence-corrected chi connectivity index (χ1v) is 11.8. The molecule has 1 aliphatic rings. The molecule has 3 aromatic heterocycles. The first-order valence-electron chi connectivity index (χ1n) is 11.8. The van der Waals surface area contributed by atoms with Crippen molar-refractivity contribution >= 4 is 36.1 Å². The Labute approximate surface area is 212 Å². The van der Waals surface area contributed by atoms with Crippen LogP contribution in [0.5, 0.6) is 0 Å². The van der Waals surface area contributed by atoms with Crippen LogP contribution in [0.1, 0.15) is 59.6 Å². The van der Waals surface area contributed by atoms with Crippen LogP contribution in [0.2, 0.25) is 0 Å². The Kier molecular flexibility index (Phi) is 7.60. The molecule has 3 heterocycles. The number of nitrogens with one attached hydrogen (secondary N) is 2. The minimum absolute atomic E-state index is 0. The third-order valence-corrected chi connectivity index (χ3v) is 6.67. The molecule has 1 fully saturated rings. The molecule has 0 saturated heterocycles. The van der Waals surface area contributed by atoms with Gasteiger partial charge >= 0.3 is 0 Å². The maximum Gasteiger partial charge on any atom is 0.251 e. The highest BCUT2D eigenvalue weighted by atomic mass is 32.1. The summed E-state index contributed by atoms with van der Waals surface area (Å²) in [6, 6.07) is 13.9. The Balaban J connectivity index is 0.00000289. The van der Waals surface area contributed by atoms with Gasteiger partial charge in [-0.25, -0.2) is 9.97 Å². The lowest BCUT2D eigenvalue weighted by Gasteiger charge is -2.24. The number of fused-ring (bicyclic) bond motifs is 1. The van der Waals surface area contributed by atoms with E-state index < -0.39 is 0 Å². The molecule has 5 rings (SSSR count). The number of para-hydroxylation sites is 1. The molecule has 1 atom stereocenters. The molecule has 0 unspecified atom stereocenters. The third-order valence-electron chi connectivity index (χ3n) is 6.67. The number of hydrogen-bond donors (Lipinski definition) is 2. The Morgan fingerprint density at radius 2 is 1.94 bits per heavy atom. The minimum atomic E-state index is -0.112. The number of benzene rings is 1. The van der Waals surface area contributed by atoms with Gasteiger partial charge in [-0.15, -0.1) is 0 Å². The van der Waals surface area contributed by atoms with Gasteiger partial charge in [-0.3, -0.25) is 14.8 Å². The van der Waals surface area contributed by atoms with Crippen LogP contribution < -0.4 is 10.6 Å². The summed E-state index contributed by atoms with van der Waals surface area (Å²) in [6.45, 7) is 2.81. The fourth-order valence-electron chi connectivity index (χ4n) is 4.41. The van der Waals surface area contributed by atoms with Gasteiger partial charge in [0.25, 0.3) is 5.91 Å². The molecule has 2 N–H and O–H groups in total. The predicted molar refractivity (Wildman–Crippen MR) is 144 cm³/mol. The predicted octanol–water partition coefficient (Wildman–Crippen LogP) is 5.04. The van der Waals surface area contributed by atoms with Crippen molar-refractivity contribution < 1.29 is 4.79 Å². The first kappa shape index (κ1) is 24.6. The Bertz CT molecular complexity index is 1320. The number of nitrogens with zero attached hydrogens (tertiary/aromatic N) is 4. The largest absolute Gasteiger partial charge is 0.369 e. The summed E-state index contributed by atoms with van der Waals surface area (Å²) < 4.78 is 0. The van der Waals surface area contributed by atoms with E-state index >= 15 is 0 Å². The molecule has 7 nitrogen and oxygen atoms in total. The maximum atomic E-state index is 12.3. The topological polar surface area (TPSA) is 92.7 Å². The molecular formula is C27H30N6OS. The zero-order chi connectivity index (χ0) is 23.5. The Morgan fingerprint density at radius 3 is 2.66 bits per heavy atom. The van der Waals surface area contributed by atoms with Gasteiger partial charge in [-0.2, -0.15) is 13.5 Å². The molecule has 1 aliphatic carbocycles. The van der Waals surface area contributed by atoms with Crippen molar-refractivity contribution in [1.29, 1.82) is 0 Å². The lowest BCUT2D eigenvalue weighted by molar-refractivity contribution is 0.0964. The second kappa shape index (κ2) is 10.8. The van der Waals surface area contributed by atoms with Gasteiger partial charge in [0.15, 0.2) is 0 Å². The number of rotatable bonds is 7. The molecule has 35 heavy (non-hydrogen) atoms. The zero-order valence-electron chi connectivity index (χ0n) is 20.0. The fraction of sp³-hybridized carbons (Fsp3) is 0.296. The van der Waals surface area contributed by atoms with Gasteiger partial charge < -0.3 is 10.6 Å². The average molecular weight is 487 g/mol. The van der Waals surface area contributed by atoms with Gasteiger partial charge in [0.2, 0.25) is 0 Å². The smallest absolute Gasteiger partial charge is 0.251 e. The normalized spacial score (nSPS) is 14.0. The van der Waals surface area contributed by atoms with Crippen molar-refractivity contribution in [2.24, 2.45) is 0 Å². The number of pyridine rings is 2. The highest BCUT2D eigenvalue weighted by molar-refractivity contribution is 7.59. The van der Waals surface area contributed by atoms with E-state index in [1.165, 1.54) is 25.0 Å². The molecular weight excluding hydrogens is 456 g/mol. The highest BCUT2D eigenvalue weighted by Crippen LogP contribution is 2.35. The highest BCUT2D eigenvalue weighted by Gasteiger charge is 2.20. The molecule has 0 aliphatic heterocycles. The summed E-state index contributed by atoms with van der Waals surface area (Å²) in [5.74, 6) is 1.42. The number of hydrogen-bond acceptors (Lipinski definition) is 6. The van der Waals surface area contributed by atoms with E-state index in [0.717, 1.165) is 33.5 Å². The van der Waals surface area contributed by atoms with E-state index in [4.69, 9.17) is 0 Å². The Morgan fingerprint density at radius 1 is 1.09 bits per heavy atom. The number of carbonyl (C=O) groups is 1. The third kappa shape index (κ3) is 5.12. The summed E-state index contributed by atoms with van der Waals surface area (Å²) in [5, 5.41) is 6.99. The van der Waals surface area contributed by atoms with Crippen LogP contribution >= 0.6 is 13.5 Å². The Hall–Kier alpha value is -3.52. The molecule has 0 bridgehead atoms. The monoisotopic (exact) mass is 486 g/mol. The van der Waals surface area contributed by atoms with Crippen LogP contribution in [-0.2, 0) is 0 Å². The fourth-order valence-corrected chi connectivity index (χ4v) is 4.41. The van der Waals surface area contributed by atoms with Gasteiger partial charge in [0.05, 0.1) is 16.8 Å². The molecule has 1 amide bonds. The van der Waals surface area contributed by atoms with Gasteiger partial charge in [-0.1, -0.05) is 31.5 Å². The van der Waals surface area contributed by atoms with Crippen LogP contribution in [0.4, 0.5) is 5.82 Å². The molecule has 180 valence electrons. The van der Waals surface area contributed by atoms with Crippen molar-refractivity contribution in [3.05, 3.63) is 78.0 Å². The second-order valence-corrected chi connectivity index (χ2v) is 8.85. The van der Waals surface area contributed by atoms with Gasteiger partial charge in [-0.05, 0) is 36.6 Å². The van der Waals surface area contributed by atoms with E-state index in [2.05, 4.69) is 55.7 Å². The zero-order valence-corrected chi connectivity index (χ0v) is 21.0. The van der Waals surface area contributed by atoms with Crippen LogP contribution in [0.3, 0.4) is 0 Å². The molecule has 0 spiro atoms. The SMILES string of the molecule is CNC(=O)c1ccnc2c([C@H](C)CNc3cc(-c4ccc(C5CCC5)nc4)ncn3)cccc12.S. The molecule has 1 aromatic carbocycles. The summed E-state index contributed by atoms with van der Waals surface area (Å²) in [4.78, 5) is 30.3. The maximum absolute atomic E-state index is 12.3. The summed E-state index contributed by atoms with van der Waals surface area (Å²) in [6.07, 6.45) is 8.97. The summed E-state index contributed by atoms with van der Waals surface area (Å²) in [5.41, 5.74) is 5.58. The number of anilines is 1. The lowest BCUT2D eigenvalue weighted by Crippen LogP contribution is -2.18. The van der Waals surface area contributed by atoms with Crippen LogP contribution in [-0.4, -0.2) is 39.4 Å². The van der Waals surface area contributed by atoms with E-state index in [9.17, 15) is 4.79 Å². The van der Waals surface area contributed by atoms with E-state index in [1.54, 1.807) is 25.6 Å². The lowest BCUT2D eigenvalue weighted by atomic mass is 9.82. The second-order valence-electron chi connectivity index (χ2n) is 8.85. The van der Waals surface area contributed by atoms with E-state index in [1.807, 2.05) is 24.4 Å². The van der Waals surface area contributed by atoms with E-state index in [0.29, 0.717) is 18.0 Å². The minimum Gasteiger partial charge on any atom is -0.369 e. The average Bonchev–Trinajstić information content (AvgIpc) is 2.85. The number of aromatic nitrogens is 4. The van der Waals surface area contributed by atoms with Crippen molar-refractivity contribution in [2.45, 2.75) is 38.0 Å². The quantitative estimate of drug-likeness (QED) is 0.380. The first-order chi connectivity index (χ1) is 16.6. The van der Waals surface area contributed by atoms with Crippen LogP contribution in [0.15, 0.2) is 61.2 Å². The molecule has 8 heteroatoms. The summed E-state index contributed by atoms with van der Waals surface area (Å²) in [7, 11) is 1.64. The molecule has 4 aromatic rings. The summed E-state index contributed by atoms with van der Waals surface area (Å²) >= 11 is 0. The van der Waals surface area contributed by atoms with E-state index in [-0.39, 0.29) is 25.3 Å². The van der Waals surface area contributed by atoms with Crippen molar-refractivity contribution in [1.82, 2.24) is 25.3 Å². The van der Waals surface area contributed by atoms with Crippen molar-refractivity contribution in [2.75, 3.05) is 18.9 Å². The molecule has 0 radical (unpaired) electrons. The van der Waals surface area contributed by atoms with Crippen molar-refractivity contribution in [3.8, 4) is 11.3 Å². The molecule has 1 saturated carbocycles.